The number of alkyl halides is 3. The van der Waals surface area contributed by atoms with E-state index < -0.39 is 18.9 Å². The molecule has 0 heterocycles. The molecular formula is C14H19BrF3NO. The third-order valence-corrected chi connectivity index (χ3v) is 3.04. The fraction of sp³-hybridized carbons (Fsp3) is 0.571. The number of halogens is 4. The summed E-state index contributed by atoms with van der Waals surface area (Å²) < 4.78 is 42.9. The molecule has 0 aromatic heterocycles. The van der Waals surface area contributed by atoms with Gasteiger partial charge in [0.2, 0.25) is 0 Å². The smallest absolute Gasteiger partial charge is 0.363 e. The zero-order valence-corrected chi connectivity index (χ0v) is 13.3. The van der Waals surface area contributed by atoms with Crippen molar-refractivity contribution in [2.45, 2.75) is 38.6 Å². The maximum absolute atomic E-state index is 12.3. The molecule has 1 aromatic rings. The van der Waals surface area contributed by atoms with E-state index in [1.807, 2.05) is 20.8 Å². The minimum absolute atomic E-state index is 0.185. The molecule has 1 N–H and O–H groups in total. The van der Waals surface area contributed by atoms with Crippen LogP contribution in [0.15, 0.2) is 28.7 Å². The van der Waals surface area contributed by atoms with Crippen LogP contribution >= 0.6 is 15.9 Å². The Morgan fingerprint density at radius 2 is 1.70 bits per heavy atom. The quantitative estimate of drug-likeness (QED) is 0.843. The molecule has 0 saturated heterocycles. The number of hydrogen-bond donors (Lipinski definition) is 1. The van der Waals surface area contributed by atoms with Crippen LogP contribution in [-0.4, -0.2) is 24.9 Å². The summed E-state index contributed by atoms with van der Waals surface area (Å²) in [6, 6.07) is 7.09. The highest BCUT2D eigenvalue weighted by molar-refractivity contribution is 9.10. The molecule has 0 saturated carbocycles. The van der Waals surface area contributed by atoms with Crippen molar-refractivity contribution in [3.05, 3.63) is 34.3 Å². The number of nitrogens with one attached hydrogen (secondary N) is 1. The Kier molecular flexibility index (Phi) is 6.04. The van der Waals surface area contributed by atoms with Gasteiger partial charge in [-0.1, -0.05) is 28.1 Å². The minimum atomic E-state index is -4.32. The van der Waals surface area contributed by atoms with Crippen molar-refractivity contribution < 1.29 is 17.9 Å². The summed E-state index contributed by atoms with van der Waals surface area (Å²) in [6.45, 7) is 4.93. The van der Waals surface area contributed by atoms with Gasteiger partial charge in [0.15, 0.2) is 0 Å². The Bertz CT molecular complexity index is 394. The highest BCUT2D eigenvalue weighted by Crippen LogP contribution is 2.24. The predicted molar refractivity (Wildman–Crippen MR) is 76.6 cm³/mol. The van der Waals surface area contributed by atoms with E-state index in [0.29, 0.717) is 12.1 Å². The normalized spacial score (nSPS) is 14.3. The standard InChI is InChI=1S/C14H19BrF3NO/c1-13(2,3)19-8-12(20-9-14(16,17)18)10-4-6-11(15)7-5-10/h4-7,12,19H,8-9H2,1-3H3. The minimum Gasteiger partial charge on any atom is -0.363 e. The summed E-state index contributed by atoms with van der Waals surface area (Å²) in [4.78, 5) is 0. The first-order valence-corrected chi connectivity index (χ1v) is 7.05. The van der Waals surface area contributed by atoms with Crippen molar-refractivity contribution in [2.75, 3.05) is 13.2 Å². The van der Waals surface area contributed by atoms with Crippen molar-refractivity contribution in [1.29, 1.82) is 0 Å². The number of rotatable bonds is 5. The molecule has 1 atom stereocenters. The molecule has 0 aliphatic heterocycles. The predicted octanol–water partition coefficient (Wildman–Crippen LogP) is 4.46. The van der Waals surface area contributed by atoms with Crippen LogP contribution in [0.5, 0.6) is 0 Å². The highest BCUT2D eigenvalue weighted by atomic mass is 79.9. The topological polar surface area (TPSA) is 21.3 Å². The Labute approximate surface area is 125 Å². The highest BCUT2D eigenvalue weighted by Gasteiger charge is 2.30. The van der Waals surface area contributed by atoms with Crippen molar-refractivity contribution in [2.24, 2.45) is 0 Å². The molecule has 20 heavy (non-hydrogen) atoms. The van der Waals surface area contributed by atoms with E-state index in [1.165, 1.54) is 0 Å². The molecule has 0 spiro atoms. The molecule has 0 bridgehead atoms. The largest absolute Gasteiger partial charge is 0.411 e. The fourth-order valence-electron chi connectivity index (χ4n) is 1.54. The van der Waals surface area contributed by atoms with Gasteiger partial charge >= 0.3 is 6.18 Å². The van der Waals surface area contributed by atoms with Crippen molar-refractivity contribution in [3.8, 4) is 0 Å². The summed E-state index contributed by atoms with van der Waals surface area (Å²) in [5.41, 5.74) is 0.532. The Hall–Kier alpha value is -0.590. The van der Waals surface area contributed by atoms with E-state index in [-0.39, 0.29) is 5.54 Å². The van der Waals surface area contributed by atoms with Crippen molar-refractivity contribution >= 4 is 15.9 Å². The van der Waals surface area contributed by atoms with E-state index in [0.717, 1.165) is 4.47 Å². The molecule has 6 heteroatoms. The number of benzene rings is 1. The molecule has 0 aliphatic carbocycles. The SMILES string of the molecule is CC(C)(C)NCC(OCC(F)(F)F)c1ccc(Br)cc1. The second kappa shape index (κ2) is 6.91. The lowest BCUT2D eigenvalue weighted by Crippen LogP contribution is -2.39. The average Bonchev–Trinajstić information content (AvgIpc) is 2.28. The van der Waals surface area contributed by atoms with Gasteiger partial charge in [-0.15, -0.1) is 0 Å². The molecule has 1 unspecified atom stereocenters. The second-order valence-electron chi connectivity index (χ2n) is 5.60. The van der Waals surface area contributed by atoms with Gasteiger partial charge in [0.25, 0.3) is 0 Å². The van der Waals surface area contributed by atoms with Crippen molar-refractivity contribution in [3.63, 3.8) is 0 Å². The van der Waals surface area contributed by atoms with Crippen LogP contribution < -0.4 is 5.32 Å². The van der Waals surface area contributed by atoms with E-state index in [2.05, 4.69) is 21.2 Å². The van der Waals surface area contributed by atoms with E-state index in [4.69, 9.17) is 4.74 Å². The van der Waals surface area contributed by atoms with E-state index in [1.54, 1.807) is 24.3 Å². The van der Waals surface area contributed by atoms with Crippen LogP contribution in [0.1, 0.15) is 32.4 Å². The monoisotopic (exact) mass is 353 g/mol. The molecule has 1 aromatic carbocycles. The number of hydrogen-bond acceptors (Lipinski definition) is 2. The van der Waals surface area contributed by atoms with Crippen LogP contribution in [0, 0.1) is 0 Å². The van der Waals surface area contributed by atoms with Gasteiger partial charge in [-0.3, -0.25) is 0 Å². The molecule has 0 radical (unpaired) electrons. The lowest BCUT2D eigenvalue weighted by Gasteiger charge is -2.26. The average molecular weight is 354 g/mol. The first-order valence-electron chi connectivity index (χ1n) is 6.26. The zero-order chi connectivity index (χ0) is 15.4. The van der Waals surface area contributed by atoms with Gasteiger partial charge in [0, 0.05) is 16.6 Å². The van der Waals surface area contributed by atoms with Crippen LogP contribution in [0.4, 0.5) is 13.2 Å². The molecular weight excluding hydrogens is 335 g/mol. The zero-order valence-electron chi connectivity index (χ0n) is 11.7. The van der Waals surface area contributed by atoms with Crippen LogP contribution in [-0.2, 0) is 4.74 Å². The van der Waals surface area contributed by atoms with Crippen molar-refractivity contribution in [1.82, 2.24) is 5.32 Å². The van der Waals surface area contributed by atoms with Gasteiger partial charge in [-0.25, -0.2) is 0 Å². The summed E-state index contributed by atoms with van der Waals surface area (Å²) in [5.74, 6) is 0. The molecule has 0 aliphatic rings. The van der Waals surface area contributed by atoms with Crippen LogP contribution in [0.2, 0.25) is 0 Å². The fourth-order valence-corrected chi connectivity index (χ4v) is 1.81. The molecule has 1 rings (SSSR count). The van der Waals surface area contributed by atoms with Crippen LogP contribution in [0.25, 0.3) is 0 Å². The lowest BCUT2D eigenvalue weighted by atomic mass is 10.1. The molecule has 0 fully saturated rings. The first kappa shape index (κ1) is 17.5. The second-order valence-corrected chi connectivity index (χ2v) is 6.51. The van der Waals surface area contributed by atoms with Gasteiger partial charge in [0.05, 0.1) is 6.10 Å². The van der Waals surface area contributed by atoms with Gasteiger partial charge in [-0.2, -0.15) is 13.2 Å². The van der Waals surface area contributed by atoms with Crippen LogP contribution in [0.3, 0.4) is 0 Å². The van der Waals surface area contributed by atoms with E-state index in [9.17, 15) is 13.2 Å². The van der Waals surface area contributed by atoms with Gasteiger partial charge < -0.3 is 10.1 Å². The third kappa shape index (κ3) is 7.26. The van der Waals surface area contributed by atoms with E-state index >= 15 is 0 Å². The van der Waals surface area contributed by atoms with Gasteiger partial charge in [0.1, 0.15) is 6.61 Å². The maximum atomic E-state index is 12.3. The summed E-state index contributed by atoms with van der Waals surface area (Å²) >= 11 is 3.30. The maximum Gasteiger partial charge on any atom is 0.411 e. The molecule has 0 amide bonds. The Morgan fingerprint density at radius 3 is 2.15 bits per heavy atom. The summed E-state index contributed by atoms with van der Waals surface area (Å²) in [6.07, 6.45) is -4.96. The first-order chi connectivity index (χ1) is 9.07. The summed E-state index contributed by atoms with van der Waals surface area (Å²) in [5, 5.41) is 3.17. The molecule has 114 valence electrons. The molecule has 2 nitrogen and oxygen atoms in total. The Morgan fingerprint density at radius 1 is 1.15 bits per heavy atom. The van der Waals surface area contributed by atoms with Gasteiger partial charge in [-0.05, 0) is 38.5 Å². The summed E-state index contributed by atoms with van der Waals surface area (Å²) in [7, 11) is 0. The Balaban J connectivity index is 2.75. The number of ether oxygens (including phenoxy) is 1. The third-order valence-electron chi connectivity index (χ3n) is 2.51. The lowest BCUT2D eigenvalue weighted by molar-refractivity contribution is -0.186.